The fraction of sp³-hybridized carbons (Fsp3) is 0.414. The molecule has 6 heterocycles. The summed E-state index contributed by atoms with van der Waals surface area (Å²) in [5.74, 6) is 1.09. The average Bonchev–Trinajstić information content (AvgIpc) is 3.24. The van der Waals surface area contributed by atoms with E-state index >= 15 is 0 Å². The number of fused-ring (bicyclic) bond motifs is 2. The van der Waals surface area contributed by atoms with Gasteiger partial charge in [-0.2, -0.15) is 5.26 Å². The molecule has 4 aliphatic rings. The first-order valence-corrected chi connectivity index (χ1v) is 13.1. The fourth-order valence-electron chi connectivity index (χ4n) is 6.15. The van der Waals surface area contributed by atoms with Gasteiger partial charge in [0.2, 0.25) is 0 Å². The summed E-state index contributed by atoms with van der Waals surface area (Å²) in [5, 5.41) is 9.51. The van der Waals surface area contributed by atoms with Gasteiger partial charge in [0.1, 0.15) is 17.6 Å². The first kappa shape index (κ1) is 23.6. The number of hydrogen-bond donors (Lipinski definition) is 0. The van der Waals surface area contributed by atoms with Gasteiger partial charge < -0.3 is 19.3 Å². The number of anilines is 2. The van der Waals surface area contributed by atoms with E-state index in [9.17, 15) is 10.1 Å². The van der Waals surface area contributed by atoms with E-state index in [4.69, 9.17) is 0 Å². The van der Waals surface area contributed by atoms with Crippen LogP contribution in [0.2, 0.25) is 0 Å². The van der Waals surface area contributed by atoms with Gasteiger partial charge in [-0.05, 0) is 49.2 Å². The van der Waals surface area contributed by atoms with Crippen molar-refractivity contribution in [2.45, 2.75) is 32.0 Å². The molecule has 3 aromatic rings. The number of piperazine rings is 2. The van der Waals surface area contributed by atoms with Crippen molar-refractivity contribution in [3.8, 4) is 6.07 Å². The van der Waals surface area contributed by atoms with Crippen molar-refractivity contribution in [3.63, 3.8) is 0 Å². The molecule has 0 spiro atoms. The Labute approximate surface area is 218 Å². The van der Waals surface area contributed by atoms with Crippen molar-refractivity contribution in [1.82, 2.24) is 19.4 Å². The average molecular weight is 496 g/mol. The quantitative estimate of drug-likeness (QED) is 0.542. The van der Waals surface area contributed by atoms with Crippen molar-refractivity contribution in [3.05, 3.63) is 77.2 Å². The lowest BCUT2D eigenvalue weighted by atomic mass is 9.86. The van der Waals surface area contributed by atoms with Crippen molar-refractivity contribution < 1.29 is 4.79 Å². The molecule has 1 aromatic carbocycles. The molecule has 2 atom stereocenters. The topological polar surface area (TPSA) is 71.6 Å². The normalized spacial score (nSPS) is 21.5. The maximum Gasteiger partial charge on any atom is 0.270 e. The molecular weight excluding hydrogens is 462 g/mol. The smallest absolute Gasteiger partial charge is 0.270 e. The first-order chi connectivity index (χ1) is 18.0. The predicted octanol–water partition coefficient (Wildman–Crippen LogP) is 3.03. The van der Waals surface area contributed by atoms with Gasteiger partial charge >= 0.3 is 0 Å². The summed E-state index contributed by atoms with van der Waals surface area (Å²) in [5.41, 5.74) is 4.96. The van der Waals surface area contributed by atoms with Crippen LogP contribution in [-0.2, 0) is 13.6 Å². The van der Waals surface area contributed by atoms with E-state index in [1.165, 1.54) is 12.0 Å². The second kappa shape index (κ2) is 9.56. The molecule has 37 heavy (non-hydrogen) atoms. The summed E-state index contributed by atoms with van der Waals surface area (Å²) in [4.78, 5) is 27.1. The van der Waals surface area contributed by atoms with Gasteiger partial charge in [-0.3, -0.25) is 9.69 Å². The first-order valence-electron chi connectivity index (χ1n) is 13.1. The summed E-state index contributed by atoms with van der Waals surface area (Å²) >= 11 is 0. The van der Waals surface area contributed by atoms with E-state index in [2.05, 4.69) is 49.4 Å². The second-order valence-electron chi connectivity index (χ2n) is 10.4. The molecule has 0 aliphatic carbocycles. The van der Waals surface area contributed by atoms with Gasteiger partial charge in [0.05, 0.1) is 11.3 Å². The van der Waals surface area contributed by atoms with Gasteiger partial charge in [0.25, 0.3) is 5.91 Å². The number of carbonyl (C=O) groups excluding carboxylic acids is 1. The number of carbonyl (C=O) groups is 1. The molecule has 1 amide bonds. The molecule has 0 radical (unpaired) electrons. The number of pyridine rings is 1. The lowest BCUT2D eigenvalue weighted by Crippen LogP contribution is -2.68. The van der Waals surface area contributed by atoms with Crippen LogP contribution in [0.1, 0.15) is 33.7 Å². The standard InChI is InChI=1S/C29H33N7O/c1-21-23(18-36-24-16-25(36)20-35(19-24)26-8-4-3-7-22(26)17-30)15-27(32(21)2)29(37)34-13-11-33(12-14-34)28-9-5-6-10-31-28/h3-10,15,24-25H,11-14,16,18-20H2,1-2H3. The summed E-state index contributed by atoms with van der Waals surface area (Å²) in [6.45, 7) is 7.85. The molecule has 2 aromatic heterocycles. The fourth-order valence-corrected chi connectivity index (χ4v) is 6.15. The number of rotatable bonds is 5. The van der Waals surface area contributed by atoms with Gasteiger partial charge in [-0.15, -0.1) is 0 Å². The highest BCUT2D eigenvalue weighted by molar-refractivity contribution is 5.93. The summed E-state index contributed by atoms with van der Waals surface area (Å²) in [6, 6.07) is 19.3. The van der Waals surface area contributed by atoms with E-state index in [1.54, 1.807) is 0 Å². The Morgan fingerprint density at radius 3 is 2.46 bits per heavy atom. The number of nitrogens with zero attached hydrogens (tertiary/aromatic N) is 7. The third kappa shape index (κ3) is 4.23. The van der Waals surface area contributed by atoms with Crippen LogP contribution in [0.3, 0.4) is 0 Å². The Balaban J connectivity index is 1.10. The highest BCUT2D eigenvalue weighted by Crippen LogP contribution is 2.37. The maximum atomic E-state index is 13.5. The van der Waals surface area contributed by atoms with Gasteiger partial charge in [0, 0.05) is 76.8 Å². The summed E-state index contributed by atoms with van der Waals surface area (Å²) in [7, 11) is 2.01. The van der Waals surface area contributed by atoms with E-state index < -0.39 is 0 Å². The zero-order valence-electron chi connectivity index (χ0n) is 21.5. The third-order valence-corrected chi connectivity index (χ3v) is 8.46. The predicted molar refractivity (Wildman–Crippen MR) is 144 cm³/mol. The number of benzene rings is 1. The monoisotopic (exact) mass is 495 g/mol. The van der Waals surface area contributed by atoms with Crippen molar-refractivity contribution in [1.29, 1.82) is 5.26 Å². The molecule has 2 unspecified atom stereocenters. The molecule has 2 bridgehead atoms. The SMILES string of the molecule is Cc1c(CN2C3CC2CN(c2ccccc2C#N)C3)cc(C(=O)N2CCN(c3ccccn3)CC2)n1C. The van der Waals surface area contributed by atoms with E-state index in [1.807, 2.05) is 54.5 Å². The van der Waals surface area contributed by atoms with E-state index in [0.29, 0.717) is 25.2 Å². The van der Waals surface area contributed by atoms with E-state index in [-0.39, 0.29) is 5.91 Å². The van der Waals surface area contributed by atoms with Crippen molar-refractivity contribution >= 4 is 17.4 Å². The molecule has 0 N–H and O–H groups in total. The lowest BCUT2D eigenvalue weighted by molar-refractivity contribution is -0.00858. The Hall–Kier alpha value is -3.83. The molecule has 0 saturated carbocycles. The number of amides is 1. The highest BCUT2D eigenvalue weighted by Gasteiger charge is 2.45. The minimum Gasteiger partial charge on any atom is -0.367 e. The molecule has 4 fully saturated rings. The number of hydrogen-bond acceptors (Lipinski definition) is 6. The highest BCUT2D eigenvalue weighted by atomic mass is 16.2. The Morgan fingerprint density at radius 1 is 1.03 bits per heavy atom. The van der Waals surface area contributed by atoms with Crippen LogP contribution in [0.4, 0.5) is 11.5 Å². The summed E-state index contributed by atoms with van der Waals surface area (Å²) in [6.07, 6.45) is 3.01. The minimum absolute atomic E-state index is 0.112. The van der Waals surface area contributed by atoms with Gasteiger partial charge in [0.15, 0.2) is 0 Å². The molecular formula is C29H33N7O. The third-order valence-electron chi connectivity index (χ3n) is 8.46. The van der Waals surface area contributed by atoms with Gasteiger partial charge in [-0.25, -0.2) is 4.98 Å². The van der Waals surface area contributed by atoms with Crippen LogP contribution in [0.25, 0.3) is 0 Å². The van der Waals surface area contributed by atoms with Crippen molar-refractivity contribution in [2.24, 2.45) is 7.05 Å². The summed E-state index contributed by atoms with van der Waals surface area (Å²) < 4.78 is 2.06. The lowest BCUT2D eigenvalue weighted by Gasteiger charge is -2.57. The minimum atomic E-state index is 0.112. The molecule has 8 heteroatoms. The van der Waals surface area contributed by atoms with Crippen LogP contribution in [0, 0.1) is 18.3 Å². The Morgan fingerprint density at radius 2 is 1.76 bits per heavy atom. The van der Waals surface area contributed by atoms with Crippen LogP contribution in [0.15, 0.2) is 54.7 Å². The number of piperidine rings is 1. The molecule has 4 aliphatic heterocycles. The Kier molecular flexibility index (Phi) is 6.09. The van der Waals surface area contributed by atoms with Gasteiger partial charge in [-0.1, -0.05) is 18.2 Å². The van der Waals surface area contributed by atoms with E-state index in [0.717, 1.165) is 61.2 Å². The zero-order valence-corrected chi connectivity index (χ0v) is 21.5. The zero-order chi connectivity index (χ0) is 25.5. The maximum absolute atomic E-state index is 13.5. The van der Waals surface area contributed by atoms with Crippen LogP contribution < -0.4 is 9.80 Å². The molecule has 190 valence electrons. The Bertz CT molecular complexity index is 1320. The second-order valence-corrected chi connectivity index (χ2v) is 10.4. The molecule has 8 nitrogen and oxygen atoms in total. The number of aromatic nitrogens is 2. The largest absolute Gasteiger partial charge is 0.367 e. The van der Waals surface area contributed by atoms with Crippen LogP contribution >= 0.6 is 0 Å². The number of nitriles is 1. The van der Waals surface area contributed by atoms with Crippen LogP contribution in [0.5, 0.6) is 0 Å². The van der Waals surface area contributed by atoms with Crippen molar-refractivity contribution in [2.75, 3.05) is 49.1 Å². The molecule has 7 rings (SSSR count). The number of para-hydroxylation sites is 1. The van der Waals surface area contributed by atoms with Crippen LogP contribution in [-0.4, -0.2) is 76.6 Å². The molecule has 4 saturated heterocycles.